The summed E-state index contributed by atoms with van der Waals surface area (Å²) in [5, 5.41) is 10.3. The van der Waals surface area contributed by atoms with Crippen LogP contribution >= 0.6 is 23.2 Å². The van der Waals surface area contributed by atoms with Crippen molar-refractivity contribution in [2.24, 2.45) is 17.8 Å². The summed E-state index contributed by atoms with van der Waals surface area (Å²) in [6, 6.07) is 19.2. The number of allylic oxidation sites excluding steroid dienone is 2. The maximum absolute atomic E-state index is 14.6. The molecule has 1 saturated carbocycles. The quantitative estimate of drug-likeness (QED) is 0.195. The van der Waals surface area contributed by atoms with Crippen molar-refractivity contribution in [2.75, 3.05) is 25.1 Å². The molecule has 51 heavy (non-hydrogen) atoms. The Morgan fingerprint density at radius 2 is 1.61 bits per heavy atom. The molecule has 1 N–H and O–H groups in total. The third-order valence-corrected chi connectivity index (χ3v) is 13.0. The fourth-order valence-electron chi connectivity index (χ4n) is 9.24. The molecule has 3 saturated heterocycles. The highest BCUT2D eigenvalue weighted by Crippen LogP contribution is 2.66. The van der Waals surface area contributed by atoms with Gasteiger partial charge in [0, 0.05) is 43.2 Å². The lowest BCUT2D eigenvalue weighted by atomic mass is 9.56. The van der Waals surface area contributed by atoms with Crippen LogP contribution in [-0.2, 0) is 25.7 Å². The molecule has 4 amide bonds. The number of hydrogen-bond donors (Lipinski definition) is 1. The third kappa shape index (κ3) is 5.04. The molecule has 3 aliphatic heterocycles. The number of halogens is 3. The lowest BCUT2D eigenvalue weighted by molar-refractivity contribution is -0.144. The predicted molar refractivity (Wildman–Crippen MR) is 188 cm³/mol. The molecule has 0 aromatic heterocycles. The number of phenolic OH excluding ortho intramolecular Hbond substituents is 1. The normalized spacial score (nSPS) is 31.0. The van der Waals surface area contributed by atoms with Gasteiger partial charge in [-0.3, -0.25) is 29.0 Å². The molecule has 6 atom stereocenters. The van der Waals surface area contributed by atoms with E-state index >= 15 is 0 Å². The van der Waals surface area contributed by atoms with E-state index in [0.717, 1.165) is 36.7 Å². The van der Waals surface area contributed by atoms with E-state index in [4.69, 9.17) is 27.9 Å². The van der Waals surface area contributed by atoms with E-state index in [-0.39, 0.29) is 47.9 Å². The molecule has 4 fully saturated rings. The molecule has 12 heteroatoms. The van der Waals surface area contributed by atoms with Crippen LogP contribution in [0.25, 0.3) is 0 Å². The minimum absolute atomic E-state index is 0.0924. The van der Waals surface area contributed by atoms with Crippen molar-refractivity contribution < 1.29 is 33.4 Å². The van der Waals surface area contributed by atoms with Crippen LogP contribution in [0, 0.1) is 23.6 Å². The Bertz CT molecular complexity index is 1970. The van der Waals surface area contributed by atoms with E-state index in [1.54, 1.807) is 6.07 Å². The van der Waals surface area contributed by atoms with Crippen molar-refractivity contribution in [1.82, 2.24) is 9.80 Å². The molecule has 3 aromatic rings. The molecule has 3 heterocycles. The van der Waals surface area contributed by atoms with Gasteiger partial charge in [-0.15, -0.1) is 23.2 Å². The lowest BCUT2D eigenvalue weighted by Crippen LogP contribution is -2.60. The van der Waals surface area contributed by atoms with Crippen molar-refractivity contribution in [3.05, 3.63) is 101 Å². The highest BCUT2D eigenvalue weighted by atomic mass is 35.5. The molecule has 6 unspecified atom stereocenters. The number of benzene rings is 3. The molecular weight excluding hydrogens is 696 g/mol. The number of imide groups is 2. The molecule has 0 spiro atoms. The topological polar surface area (TPSA) is 107 Å². The van der Waals surface area contributed by atoms with Gasteiger partial charge in [-0.05, 0) is 67.5 Å². The number of fused-ring (bicyclic) bond motifs is 4. The van der Waals surface area contributed by atoms with Crippen LogP contribution in [0.4, 0.5) is 10.1 Å². The first-order valence-corrected chi connectivity index (χ1v) is 18.0. The van der Waals surface area contributed by atoms with Gasteiger partial charge in [0.1, 0.15) is 17.3 Å². The van der Waals surface area contributed by atoms with E-state index < -0.39 is 51.1 Å². The Morgan fingerprint density at radius 1 is 0.902 bits per heavy atom. The van der Waals surface area contributed by atoms with Gasteiger partial charge < -0.3 is 9.84 Å². The maximum Gasteiger partial charge on any atom is 0.258 e. The van der Waals surface area contributed by atoms with E-state index in [0.29, 0.717) is 24.0 Å². The monoisotopic (exact) mass is 731 g/mol. The minimum Gasteiger partial charge on any atom is -0.508 e. The lowest BCUT2D eigenvalue weighted by Gasteiger charge is -2.51. The van der Waals surface area contributed by atoms with Crippen molar-refractivity contribution in [2.45, 2.75) is 53.9 Å². The highest BCUT2D eigenvalue weighted by molar-refractivity contribution is 6.58. The van der Waals surface area contributed by atoms with Crippen LogP contribution in [0.1, 0.15) is 42.7 Å². The summed E-state index contributed by atoms with van der Waals surface area (Å²) in [6.45, 7) is 2.26. The van der Waals surface area contributed by atoms with Gasteiger partial charge >= 0.3 is 0 Å². The number of aromatic hydroxyl groups is 1. The second-order valence-corrected chi connectivity index (χ2v) is 15.5. The van der Waals surface area contributed by atoms with Crippen LogP contribution in [-0.4, -0.2) is 74.5 Å². The maximum atomic E-state index is 14.6. The third-order valence-electron chi connectivity index (χ3n) is 11.6. The average molecular weight is 733 g/mol. The number of nitrogens with zero attached hydrogens (tertiary/aromatic N) is 3. The van der Waals surface area contributed by atoms with Crippen molar-refractivity contribution in [1.29, 1.82) is 0 Å². The summed E-state index contributed by atoms with van der Waals surface area (Å²) in [6.07, 6.45) is 3.23. The number of methoxy groups -OCH3 is 1. The Morgan fingerprint density at radius 3 is 2.29 bits per heavy atom. The summed E-state index contributed by atoms with van der Waals surface area (Å²) in [4.78, 5) is 58.3. The molecule has 8 rings (SSSR count). The van der Waals surface area contributed by atoms with Crippen LogP contribution in [0.5, 0.6) is 11.5 Å². The molecule has 5 aliphatic rings. The van der Waals surface area contributed by atoms with E-state index in [1.807, 2.05) is 24.3 Å². The van der Waals surface area contributed by atoms with Crippen molar-refractivity contribution >= 4 is 52.5 Å². The largest absolute Gasteiger partial charge is 0.508 e. The standard InChI is InChI=1S/C39H36Cl2FN3O6/c1-51-31-19-26(46)11-12-28(31)33-27-13-14-29-32(35(48)44(34(29)47)25-15-17-43(18-16-25)21-22-5-3-2-4-6-22)30(27)20-38(40)36(49)45(37(50)39(33,38)41)24-9-7-23(42)8-10-24/h2-13,19,25,29-30,32-33,46H,14-18,20-21H2,1H3. The number of piperidine rings is 1. The molecule has 3 aromatic carbocycles. The van der Waals surface area contributed by atoms with E-state index in [1.165, 1.54) is 41.8 Å². The fraction of sp³-hybridized carbons (Fsp3) is 0.385. The average Bonchev–Trinajstić information content (AvgIpc) is 3.47. The summed E-state index contributed by atoms with van der Waals surface area (Å²) in [5.41, 5.74) is 2.32. The zero-order valence-electron chi connectivity index (χ0n) is 27.8. The van der Waals surface area contributed by atoms with Crippen molar-refractivity contribution in [3.63, 3.8) is 0 Å². The first-order valence-electron chi connectivity index (χ1n) is 17.2. The first-order chi connectivity index (χ1) is 24.5. The molecule has 264 valence electrons. The van der Waals surface area contributed by atoms with E-state index in [9.17, 15) is 28.7 Å². The number of amides is 4. The second-order valence-electron chi connectivity index (χ2n) is 14.2. The van der Waals surface area contributed by atoms with E-state index in [2.05, 4.69) is 17.0 Å². The second kappa shape index (κ2) is 12.5. The predicted octanol–water partition coefficient (Wildman–Crippen LogP) is 5.77. The Kier molecular flexibility index (Phi) is 8.27. The zero-order chi connectivity index (χ0) is 35.8. The molecule has 0 bridgehead atoms. The number of carbonyl (C=O) groups is 4. The number of hydrogen-bond acceptors (Lipinski definition) is 7. The Balaban J connectivity index is 1.16. The summed E-state index contributed by atoms with van der Waals surface area (Å²) in [5.74, 6) is -5.80. The summed E-state index contributed by atoms with van der Waals surface area (Å²) in [7, 11) is 1.41. The molecule has 2 aliphatic carbocycles. The van der Waals surface area contributed by atoms with Crippen LogP contribution in [0.15, 0.2) is 84.4 Å². The van der Waals surface area contributed by atoms with Gasteiger partial charge in [-0.25, -0.2) is 9.29 Å². The number of anilines is 1. The number of ether oxygens (including phenoxy) is 1. The van der Waals surface area contributed by atoms with Crippen LogP contribution in [0.2, 0.25) is 0 Å². The number of likely N-dealkylation sites (tertiary alicyclic amines) is 2. The van der Waals surface area contributed by atoms with Crippen LogP contribution < -0.4 is 9.64 Å². The molecular formula is C39H36Cl2FN3O6. The van der Waals surface area contributed by atoms with Crippen LogP contribution in [0.3, 0.4) is 0 Å². The fourth-order valence-corrected chi connectivity index (χ4v) is 10.2. The summed E-state index contributed by atoms with van der Waals surface area (Å²) >= 11 is 14.9. The SMILES string of the molecule is COc1cc(O)ccc1C1C2=CCC3C(=O)N(C4CCN(Cc5ccccc5)CC4)C(=O)C3C2CC2(Cl)C(=O)N(c3ccc(F)cc3)C(=O)C12Cl. The first kappa shape index (κ1) is 33.9. The highest BCUT2D eigenvalue weighted by Gasteiger charge is 2.77. The molecule has 9 nitrogen and oxygen atoms in total. The summed E-state index contributed by atoms with van der Waals surface area (Å²) < 4.78 is 19.6. The van der Waals surface area contributed by atoms with Gasteiger partial charge in [0.25, 0.3) is 11.8 Å². The smallest absolute Gasteiger partial charge is 0.258 e. The van der Waals surface area contributed by atoms with Gasteiger partial charge in [0.05, 0.1) is 24.6 Å². The van der Waals surface area contributed by atoms with Gasteiger partial charge in [0.15, 0.2) is 9.75 Å². The number of phenols is 1. The molecule has 0 radical (unpaired) electrons. The Labute approximate surface area is 304 Å². The number of alkyl halides is 2. The Hall–Kier alpha value is -4.25. The van der Waals surface area contributed by atoms with Gasteiger partial charge in [-0.1, -0.05) is 48.0 Å². The minimum atomic E-state index is -2.10. The zero-order valence-corrected chi connectivity index (χ0v) is 29.3. The van der Waals surface area contributed by atoms with Gasteiger partial charge in [-0.2, -0.15) is 0 Å². The van der Waals surface area contributed by atoms with Gasteiger partial charge in [0.2, 0.25) is 11.8 Å². The van der Waals surface area contributed by atoms with Crippen molar-refractivity contribution in [3.8, 4) is 11.5 Å². The number of carbonyl (C=O) groups excluding carboxylic acids is 4. The number of rotatable bonds is 6.